The van der Waals surface area contributed by atoms with Gasteiger partial charge in [0.05, 0.1) is 17.7 Å². The van der Waals surface area contributed by atoms with Gasteiger partial charge in [-0.3, -0.25) is 9.05 Å². The van der Waals surface area contributed by atoms with Crippen LogP contribution in [-0.4, -0.2) is 29.4 Å². The third-order valence-corrected chi connectivity index (χ3v) is 6.17. The minimum Gasteiger partial charge on any atom is -0.304 e. The molecule has 7 heteroatoms. The zero-order valence-corrected chi connectivity index (χ0v) is 18.5. The van der Waals surface area contributed by atoms with Crippen molar-refractivity contribution in [2.45, 2.75) is 79.6 Å². The van der Waals surface area contributed by atoms with Crippen LogP contribution in [0.2, 0.25) is 0 Å². The van der Waals surface area contributed by atoms with Crippen molar-refractivity contribution >= 4 is 14.5 Å². The lowest BCUT2D eigenvalue weighted by atomic mass is 9.74. The highest BCUT2D eigenvalue weighted by atomic mass is 31.2. The molecule has 0 rings (SSSR count). The molecule has 0 heterocycles. The van der Waals surface area contributed by atoms with E-state index in [9.17, 15) is 9.46 Å². The third kappa shape index (κ3) is 7.75. The Balaban J connectivity index is 5.37. The Morgan fingerprint density at radius 2 is 1.73 bits per heavy atom. The van der Waals surface area contributed by atoms with Crippen molar-refractivity contribution in [3.05, 3.63) is 24.3 Å². The van der Waals surface area contributed by atoms with Crippen molar-refractivity contribution in [1.82, 2.24) is 5.43 Å². The smallest absolute Gasteiger partial charge is 0.304 e. The molecular formula is C19H37N2O4P. The van der Waals surface area contributed by atoms with Crippen LogP contribution in [0.4, 0.5) is 0 Å². The molecule has 0 bridgehead atoms. The zero-order valence-electron chi connectivity index (χ0n) is 17.6. The summed E-state index contributed by atoms with van der Waals surface area (Å²) in [6.07, 6.45) is 0.154. The molecule has 0 aromatic carbocycles. The van der Waals surface area contributed by atoms with Gasteiger partial charge >= 0.3 is 7.82 Å². The highest BCUT2D eigenvalue weighted by Crippen LogP contribution is 2.51. The first-order chi connectivity index (χ1) is 11.6. The van der Waals surface area contributed by atoms with E-state index in [-0.39, 0.29) is 17.4 Å². The van der Waals surface area contributed by atoms with Crippen LogP contribution in [0, 0.1) is 11.3 Å². The van der Waals surface area contributed by atoms with E-state index in [4.69, 9.17) is 9.05 Å². The van der Waals surface area contributed by atoms with Crippen LogP contribution in [0.1, 0.15) is 61.8 Å². The summed E-state index contributed by atoms with van der Waals surface area (Å²) in [5.41, 5.74) is 3.35. The Hall–Kier alpha value is -0.940. The van der Waals surface area contributed by atoms with Gasteiger partial charge < -0.3 is 10.3 Å². The van der Waals surface area contributed by atoms with Crippen LogP contribution < -0.4 is 5.43 Å². The maximum absolute atomic E-state index is 12.5. The monoisotopic (exact) mass is 388 g/mol. The molecule has 4 atom stereocenters. The molecular weight excluding hydrogens is 351 g/mol. The predicted octanol–water partition coefficient (Wildman–Crippen LogP) is 5.07. The minimum absolute atomic E-state index is 0.283. The number of hydrogen-bond donors (Lipinski definition) is 2. The average Bonchev–Trinajstić information content (AvgIpc) is 2.41. The quantitative estimate of drug-likeness (QED) is 0.211. The Kier molecular flexibility index (Phi) is 8.98. The summed E-state index contributed by atoms with van der Waals surface area (Å²) in [5.74, 6) is 0.283. The second-order valence-corrected chi connectivity index (χ2v) is 9.70. The van der Waals surface area contributed by atoms with Gasteiger partial charge in [-0.25, -0.2) is 4.57 Å². The third-order valence-electron chi connectivity index (χ3n) is 4.89. The first kappa shape index (κ1) is 25.1. The van der Waals surface area contributed by atoms with Crippen molar-refractivity contribution in [3.8, 4) is 0 Å². The Morgan fingerprint density at radius 3 is 2.12 bits per heavy atom. The van der Waals surface area contributed by atoms with Gasteiger partial charge in [-0.05, 0) is 57.9 Å². The number of hydrazone groups is 1. The number of rotatable bonds is 12. The van der Waals surface area contributed by atoms with E-state index in [2.05, 4.69) is 51.2 Å². The normalized spacial score (nSPS) is 18.3. The SMILES string of the molecule is C=NNC(C(C)OP(=O)(O)OC(C)(C)C(=C)C)C(C)(C)CC(C)C(=C)C. The van der Waals surface area contributed by atoms with Gasteiger partial charge in [0.25, 0.3) is 0 Å². The molecule has 0 aromatic heterocycles. The highest BCUT2D eigenvalue weighted by molar-refractivity contribution is 7.47. The molecule has 0 aliphatic carbocycles. The van der Waals surface area contributed by atoms with Crippen LogP contribution in [-0.2, 0) is 13.6 Å². The van der Waals surface area contributed by atoms with E-state index < -0.39 is 19.5 Å². The molecule has 0 fully saturated rings. The summed E-state index contributed by atoms with van der Waals surface area (Å²) >= 11 is 0. The summed E-state index contributed by atoms with van der Waals surface area (Å²) < 4.78 is 23.3. The standard InChI is InChI=1S/C19H37N2O4P/c1-13(2)15(5)12-18(7,8)17(21-20-11)16(6)24-26(22,23)25-19(9,10)14(3)4/h15-17,21H,1,3,11-12H2,2,4-10H3,(H,22,23). The molecule has 6 nitrogen and oxygen atoms in total. The van der Waals surface area contributed by atoms with Gasteiger partial charge in [0.15, 0.2) is 0 Å². The highest BCUT2D eigenvalue weighted by Gasteiger charge is 2.41. The fourth-order valence-electron chi connectivity index (χ4n) is 2.76. The van der Waals surface area contributed by atoms with Gasteiger partial charge in [-0.2, -0.15) is 5.10 Å². The fourth-order valence-corrected chi connectivity index (χ4v) is 4.08. The molecule has 152 valence electrons. The van der Waals surface area contributed by atoms with Crippen molar-refractivity contribution in [3.63, 3.8) is 0 Å². The molecule has 2 N–H and O–H groups in total. The molecule has 0 aromatic rings. The van der Waals surface area contributed by atoms with Crippen LogP contribution in [0.5, 0.6) is 0 Å². The van der Waals surface area contributed by atoms with E-state index in [1.165, 1.54) is 0 Å². The second kappa shape index (κ2) is 9.32. The Labute approximate surface area is 159 Å². The van der Waals surface area contributed by atoms with Gasteiger partial charge in [0.1, 0.15) is 0 Å². The van der Waals surface area contributed by atoms with Crippen molar-refractivity contribution in [2.75, 3.05) is 0 Å². The van der Waals surface area contributed by atoms with Gasteiger partial charge in [0.2, 0.25) is 0 Å². The first-order valence-corrected chi connectivity index (χ1v) is 10.3. The fraction of sp³-hybridized carbons (Fsp3) is 0.737. The largest absolute Gasteiger partial charge is 0.473 e. The lowest BCUT2D eigenvalue weighted by Gasteiger charge is -2.40. The van der Waals surface area contributed by atoms with E-state index >= 15 is 0 Å². The van der Waals surface area contributed by atoms with Crippen LogP contribution in [0.15, 0.2) is 29.4 Å². The lowest BCUT2D eigenvalue weighted by molar-refractivity contribution is 0.0216. The van der Waals surface area contributed by atoms with E-state index in [1.54, 1.807) is 27.7 Å². The van der Waals surface area contributed by atoms with Crippen LogP contribution in [0.25, 0.3) is 0 Å². The Morgan fingerprint density at radius 1 is 1.23 bits per heavy atom. The number of phosphoric acid groups is 1. The van der Waals surface area contributed by atoms with Crippen LogP contribution in [0.3, 0.4) is 0 Å². The maximum atomic E-state index is 12.5. The molecule has 0 radical (unpaired) electrons. The summed E-state index contributed by atoms with van der Waals surface area (Å²) in [6.45, 7) is 26.3. The molecule has 4 unspecified atom stereocenters. The van der Waals surface area contributed by atoms with Gasteiger partial charge in [-0.1, -0.05) is 39.5 Å². The second-order valence-electron chi connectivity index (χ2n) is 8.37. The van der Waals surface area contributed by atoms with E-state index in [0.29, 0.717) is 5.57 Å². The zero-order chi connectivity index (χ0) is 20.9. The molecule has 26 heavy (non-hydrogen) atoms. The first-order valence-electron chi connectivity index (χ1n) is 8.80. The van der Waals surface area contributed by atoms with Crippen molar-refractivity contribution in [1.29, 1.82) is 0 Å². The number of hydrogen-bond acceptors (Lipinski definition) is 5. The van der Waals surface area contributed by atoms with Crippen LogP contribution >= 0.6 is 7.82 Å². The predicted molar refractivity (Wildman–Crippen MR) is 109 cm³/mol. The molecule has 0 aliphatic heterocycles. The molecule has 0 saturated heterocycles. The maximum Gasteiger partial charge on any atom is 0.473 e. The summed E-state index contributed by atoms with van der Waals surface area (Å²) in [4.78, 5) is 10.2. The topological polar surface area (TPSA) is 80.2 Å². The number of allylic oxidation sites excluding steroid dienone is 1. The number of nitrogens with one attached hydrogen (secondary N) is 1. The molecule has 0 aliphatic rings. The lowest BCUT2D eigenvalue weighted by Crippen LogP contribution is -2.48. The average molecular weight is 388 g/mol. The van der Waals surface area contributed by atoms with E-state index in [0.717, 1.165) is 12.0 Å². The van der Waals surface area contributed by atoms with Gasteiger partial charge in [-0.15, -0.1) is 0 Å². The van der Waals surface area contributed by atoms with Gasteiger partial charge in [0, 0.05) is 6.72 Å². The summed E-state index contributed by atoms with van der Waals surface area (Å²) in [5, 5.41) is 3.78. The summed E-state index contributed by atoms with van der Waals surface area (Å²) in [6, 6.07) is -0.348. The van der Waals surface area contributed by atoms with Crippen molar-refractivity contribution in [2.24, 2.45) is 16.4 Å². The van der Waals surface area contributed by atoms with E-state index in [1.807, 2.05) is 6.92 Å². The summed E-state index contributed by atoms with van der Waals surface area (Å²) in [7, 11) is -4.30. The van der Waals surface area contributed by atoms with Crippen molar-refractivity contribution < 1.29 is 18.5 Å². The molecule has 0 amide bonds. The number of phosphoric ester groups is 1. The number of nitrogens with zero attached hydrogens (tertiary/aromatic N) is 1. The molecule has 0 spiro atoms. The Bertz CT molecular complexity index is 572. The molecule has 0 saturated carbocycles. The minimum atomic E-state index is -4.30.